The van der Waals surface area contributed by atoms with Gasteiger partial charge in [0, 0.05) is 18.3 Å². The first-order valence-electron chi connectivity index (χ1n) is 4.79. The Morgan fingerprint density at radius 2 is 2.23 bits per heavy atom. The molecule has 1 aromatic rings. The van der Waals surface area contributed by atoms with Crippen LogP contribution >= 0.6 is 0 Å². The van der Waals surface area contributed by atoms with Crippen molar-refractivity contribution in [3.63, 3.8) is 0 Å². The predicted octanol–water partition coefficient (Wildman–Crippen LogP) is 1.49. The Morgan fingerprint density at radius 3 is 3.00 bits per heavy atom. The van der Waals surface area contributed by atoms with Gasteiger partial charge in [0.2, 0.25) is 0 Å². The fourth-order valence-electron chi connectivity index (χ4n) is 1.89. The molecule has 13 heavy (non-hydrogen) atoms. The van der Waals surface area contributed by atoms with Gasteiger partial charge >= 0.3 is 0 Å². The monoisotopic (exact) mass is 177 g/mol. The minimum Gasteiger partial charge on any atom is -0.392 e. The summed E-state index contributed by atoms with van der Waals surface area (Å²) >= 11 is 0. The van der Waals surface area contributed by atoms with Gasteiger partial charge in [-0.15, -0.1) is 0 Å². The van der Waals surface area contributed by atoms with Crippen molar-refractivity contribution in [3.8, 4) is 0 Å². The third-order valence-corrected chi connectivity index (χ3v) is 2.80. The van der Waals surface area contributed by atoms with Crippen molar-refractivity contribution in [2.75, 3.05) is 0 Å². The molecule has 2 rings (SSSR count). The zero-order valence-corrected chi connectivity index (χ0v) is 8.12. The molecule has 0 fully saturated rings. The molecule has 1 heterocycles. The van der Waals surface area contributed by atoms with Crippen LogP contribution in [0.2, 0.25) is 0 Å². The summed E-state index contributed by atoms with van der Waals surface area (Å²) in [6.07, 6.45) is 3.40. The van der Waals surface area contributed by atoms with E-state index >= 15 is 0 Å². The quantitative estimate of drug-likeness (QED) is 0.651. The number of hydrogen-bond acceptors (Lipinski definition) is 2. The minimum absolute atomic E-state index is 0.184. The van der Waals surface area contributed by atoms with Crippen LogP contribution in [0.3, 0.4) is 0 Å². The summed E-state index contributed by atoms with van der Waals surface area (Å²) in [5, 5.41) is 9.69. The van der Waals surface area contributed by atoms with Crippen LogP contribution < -0.4 is 0 Å². The molecule has 1 aliphatic rings. The summed E-state index contributed by atoms with van der Waals surface area (Å²) in [7, 11) is 0. The first-order valence-corrected chi connectivity index (χ1v) is 4.79. The number of aliphatic hydroxyl groups is 1. The molecule has 0 amide bonds. The van der Waals surface area contributed by atoms with E-state index in [2.05, 4.69) is 18.0 Å². The van der Waals surface area contributed by atoms with Gasteiger partial charge in [-0.3, -0.25) is 4.98 Å². The second kappa shape index (κ2) is 3.11. The van der Waals surface area contributed by atoms with Crippen molar-refractivity contribution in [2.45, 2.75) is 32.8 Å². The molecule has 1 aromatic heterocycles. The van der Waals surface area contributed by atoms with Crippen LogP contribution in [-0.2, 0) is 12.8 Å². The largest absolute Gasteiger partial charge is 0.392 e. The minimum atomic E-state index is -0.184. The van der Waals surface area contributed by atoms with Crippen LogP contribution in [0.1, 0.15) is 23.7 Å². The number of aromatic nitrogens is 1. The van der Waals surface area contributed by atoms with Gasteiger partial charge in [0.25, 0.3) is 0 Å². The summed E-state index contributed by atoms with van der Waals surface area (Å²) in [4.78, 5) is 4.39. The van der Waals surface area contributed by atoms with Crippen molar-refractivity contribution in [3.05, 3.63) is 29.1 Å². The van der Waals surface area contributed by atoms with Gasteiger partial charge in [0.15, 0.2) is 0 Å². The lowest BCUT2D eigenvalue weighted by molar-refractivity contribution is 0.108. The predicted molar refractivity (Wildman–Crippen MR) is 51.6 cm³/mol. The molecule has 2 heteroatoms. The maximum atomic E-state index is 9.69. The molecule has 2 atom stereocenters. The molecule has 1 aliphatic carbocycles. The first kappa shape index (κ1) is 8.70. The average molecular weight is 177 g/mol. The Morgan fingerprint density at radius 1 is 1.46 bits per heavy atom. The highest BCUT2D eigenvalue weighted by molar-refractivity contribution is 5.28. The van der Waals surface area contributed by atoms with Gasteiger partial charge in [-0.25, -0.2) is 0 Å². The van der Waals surface area contributed by atoms with Crippen molar-refractivity contribution in [1.82, 2.24) is 4.98 Å². The second-order valence-corrected chi connectivity index (χ2v) is 4.07. The number of aliphatic hydroxyl groups excluding tert-OH is 1. The summed E-state index contributed by atoms with van der Waals surface area (Å²) in [6, 6.07) is 2.14. The molecule has 0 saturated carbocycles. The summed E-state index contributed by atoms with van der Waals surface area (Å²) in [5.74, 6) is 0.350. The zero-order chi connectivity index (χ0) is 9.42. The zero-order valence-electron chi connectivity index (χ0n) is 8.12. The van der Waals surface area contributed by atoms with E-state index in [1.807, 2.05) is 13.1 Å². The molecular weight excluding hydrogens is 162 g/mol. The molecule has 70 valence electrons. The highest BCUT2D eigenvalue weighted by Crippen LogP contribution is 2.24. The van der Waals surface area contributed by atoms with Gasteiger partial charge in [-0.2, -0.15) is 0 Å². The Balaban J connectivity index is 2.37. The van der Waals surface area contributed by atoms with Crippen LogP contribution in [-0.4, -0.2) is 16.2 Å². The van der Waals surface area contributed by atoms with Crippen molar-refractivity contribution < 1.29 is 5.11 Å². The van der Waals surface area contributed by atoms with Crippen LogP contribution in [0.25, 0.3) is 0 Å². The summed E-state index contributed by atoms with van der Waals surface area (Å²) in [5.41, 5.74) is 3.58. The molecular formula is C11H15NO. The molecule has 0 saturated heterocycles. The molecule has 1 unspecified atom stereocenters. The van der Waals surface area contributed by atoms with E-state index in [9.17, 15) is 5.11 Å². The van der Waals surface area contributed by atoms with Gasteiger partial charge in [-0.1, -0.05) is 13.0 Å². The lowest BCUT2D eigenvalue weighted by Crippen LogP contribution is -2.28. The molecule has 0 aromatic carbocycles. The average Bonchev–Trinajstić information content (AvgIpc) is 2.08. The number of hydrogen-bond donors (Lipinski definition) is 1. The molecule has 1 N–H and O–H groups in total. The third-order valence-electron chi connectivity index (χ3n) is 2.80. The van der Waals surface area contributed by atoms with E-state index in [1.165, 1.54) is 16.8 Å². The molecule has 0 bridgehead atoms. The topological polar surface area (TPSA) is 33.1 Å². The van der Waals surface area contributed by atoms with E-state index in [0.29, 0.717) is 5.92 Å². The maximum Gasteiger partial charge on any atom is 0.0610 e. The van der Waals surface area contributed by atoms with Crippen LogP contribution in [0.5, 0.6) is 0 Å². The fraction of sp³-hybridized carbons (Fsp3) is 0.545. The smallest absolute Gasteiger partial charge is 0.0610 e. The van der Waals surface area contributed by atoms with Gasteiger partial charge in [-0.05, 0) is 30.4 Å². The van der Waals surface area contributed by atoms with Crippen molar-refractivity contribution in [1.29, 1.82) is 0 Å². The van der Waals surface area contributed by atoms with E-state index in [-0.39, 0.29) is 6.10 Å². The van der Waals surface area contributed by atoms with Crippen molar-refractivity contribution >= 4 is 0 Å². The number of fused-ring (bicyclic) bond motifs is 1. The van der Waals surface area contributed by atoms with Crippen molar-refractivity contribution in [2.24, 2.45) is 5.92 Å². The van der Waals surface area contributed by atoms with Gasteiger partial charge < -0.3 is 5.11 Å². The van der Waals surface area contributed by atoms with E-state index in [4.69, 9.17) is 0 Å². The van der Waals surface area contributed by atoms with Gasteiger partial charge in [0.05, 0.1) is 6.10 Å². The van der Waals surface area contributed by atoms with Crippen LogP contribution in [0.4, 0.5) is 0 Å². The Bertz CT molecular complexity index is 322. The number of aryl methyl sites for hydroxylation is 1. The summed E-state index contributed by atoms with van der Waals surface area (Å²) in [6.45, 7) is 4.12. The lowest BCUT2D eigenvalue weighted by atomic mass is 9.85. The highest BCUT2D eigenvalue weighted by atomic mass is 16.3. The van der Waals surface area contributed by atoms with Gasteiger partial charge in [0.1, 0.15) is 0 Å². The normalized spacial score (nSPS) is 27.0. The maximum absolute atomic E-state index is 9.69. The van der Waals surface area contributed by atoms with Crippen LogP contribution in [0.15, 0.2) is 12.3 Å². The fourth-order valence-corrected chi connectivity index (χ4v) is 1.89. The van der Waals surface area contributed by atoms with E-state index in [0.717, 1.165) is 12.8 Å². The first-order chi connectivity index (χ1) is 6.16. The molecule has 2 nitrogen and oxygen atoms in total. The summed E-state index contributed by atoms with van der Waals surface area (Å²) < 4.78 is 0. The third kappa shape index (κ3) is 1.59. The second-order valence-electron chi connectivity index (χ2n) is 4.07. The number of nitrogens with zero attached hydrogens (tertiary/aromatic N) is 1. The Hall–Kier alpha value is -0.890. The molecule has 0 aliphatic heterocycles. The molecule has 0 spiro atoms. The Kier molecular flexibility index (Phi) is 2.08. The standard InChI is InChI=1S/C11H15NO/c1-7-3-9-5-11(13)8(2)4-10(9)12-6-7/h3,6,8,11,13H,4-5H2,1-2H3/t8-,11?/m1/s1. The number of pyridine rings is 1. The van der Waals surface area contributed by atoms with E-state index < -0.39 is 0 Å². The number of rotatable bonds is 0. The Labute approximate surface area is 78.6 Å². The van der Waals surface area contributed by atoms with Crippen LogP contribution in [0, 0.1) is 12.8 Å². The SMILES string of the molecule is Cc1cnc2c(c1)CC(O)[C@H](C)C2. The highest BCUT2D eigenvalue weighted by Gasteiger charge is 2.23. The lowest BCUT2D eigenvalue weighted by Gasteiger charge is -2.26. The molecule has 0 radical (unpaired) electrons. The van der Waals surface area contributed by atoms with E-state index in [1.54, 1.807) is 0 Å².